The van der Waals surface area contributed by atoms with Gasteiger partial charge in [0.05, 0.1) is 9.79 Å². The van der Waals surface area contributed by atoms with Crippen molar-refractivity contribution in [3.8, 4) is 0 Å². The predicted molar refractivity (Wildman–Crippen MR) is 150 cm³/mol. The predicted octanol–water partition coefficient (Wildman–Crippen LogP) is 2.75. The summed E-state index contributed by atoms with van der Waals surface area (Å²) >= 11 is 6.14. The first-order valence-corrected chi connectivity index (χ1v) is 15.8. The van der Waals surface area contributed by atoms with Gasteiger partial charge in [-0.15, -0.1) is 0 Å². The number of benzene rings is 3. The summed E-state index contributed by atoms with van der Waals surface area (Å²) < 4.78 is 56.5. The van der Waals surface area contributed by atoms with E-state index in [9.17, 15) is 21.6 Å². The highest BCUT2D eigenvalue weighted by molar-refractivity contribution is 7.89. The summed E-state index contributed by atoms with van der Waals surface area (Å²) in [5.74, 6) is -0.409. The summed E-state index contributed by atoms with van der Waals surface area (Å²) in [6.45, 7) is 1.35. The maximum atomic E-state index is 13.9. The molecule has 12 heteroatoms. The molecule has 2 saturated heterocycles. The summed E-state index contributed by atoms with van der Waals surface area (Å²) in [5.41, 5.74) is 0.945. The number of amides is 1. The molecule has 3 aromatic carbocycles. The molecule has 1 atom stereocenters. The van der Waals surface area contributed by atoms with Gasteiger partial charge >= 0.3 is 0 Å². The molecule has 0 N–H and O–H groups in total. The molecule has 0 unspecified atom stereocenters. The number of sulfonamides is 2. The standard InChI is InChI=1S/C27H29ClN4O5S2/c28-22-8-7-9-23(20-22)29-14-16-30(17-15-29)27(33)26-21-31(38(34,35)24-10-3-1-4-11-24)18-19-32(26)39(36,37)25-12-5-2-6-13-25/h1-13,20,26H,14-19,21H2/t26-/m0/s1. The summed E-state index contributed by atoms with van der Waals surface area (Å²) in [7, 11) is -7.97. The second-order valence-electron chi connectivity index (χ2n) is 9.41. The van der Waals surface area contributed by atoms with E-state index in [-0.39, 0.29) is 29.4 Å². The lowest BCUT2D eigenvalue weighted by Gasteiger charge is -2.43. The largest absolute Gasteiger partial charge is 0.368 e. The Labute approximate surface area is 234 Å². The molecule has 2 fully saturated rings. The zero-order valence-corrected chi connectivity index (χ0v) is 23.5. The number of carbonyl (C=O) groups excluding carboxylic acids is 1. The smallest absolute Gasteiger partial charge is 0.243 e. The van der Waals surface area contributed by atoms with Crippen LogP contribution in [0, 0.1) is 0 Å². The van der Waals surface area contributed by atoms with Crippen LogP contribution < -0.4 is 4.90 Å². The quantitative estimate of drug-likeness (QED) is 0.439. The van der Waals surface area contributed by atoms with Gasteiger partial charge < -0.3 is 9.80 Å². The number of rotatable bonds is 6. The lowest BCUT2D eigenvalue weighted by molar-refractivity contribution is -0.136. The van der Waals surface area contributed by atoms with E-state index in [1.807, 2.05) is 18.2 Å². The minimum Gasteiger partial charge on any atom is -0.368 e. The van der Waals surface area contributed by atoms with Crippen LogP contribution in [-0.2, 0) is 24.8 Å². The fourth-order valence-electron chi connectivity index (χ4n) is 4.99. The summed E-state index contributed by atoms with van der Waals surface area (Å²) in [6.07, 6.45) is 0. The first-order chi connectivity index (χ1) is 18.7. The van der Waals surface area contributed by atoms with Crippen LogP contribution in [0.4, 0.5) is 5.69 Å². The highest BCUT2D eigenvalue weighted by Gasteiger charge is 2.45. The number of piperazine rings is 2. The van der Waals surface area contributed by atoms with E-state index in [4.69, 9.17) is 11.6 Å². The van der Waals surface area contributed by atoms with Crippen molar-refractivity contribution >= 4 is 43.2 Å². The number of hydrogen-bond acceptors (Lipinski definition) is 6. The third kappa shape index (κ3) is 5.68. The first kappa shape index (κ1) is 27.6. The van der Waals surface area contributed by atoms with Gasteiger partial charge in [-0.05, 0) is 42.5 Å². The fourth-order valence-corrected chi connectivity index (χ4v) is 8.22. The topological polar surface area (TPSA) is 98.3 Å². The highest BCUT2D eigenvalue weighted by atomic mass is 35.5. The number of carbonyl (C=O) groups is 1. The molecule has 5 rings (SSSR count). The molecule has 2 heterocycles. The number of anilines is 1. The molecular weight excluding hydrogens is 560 g/mol. The molecule has 206 valence electrons. The normalized spacial score (nSPS) is 19.7. The van der Waals surface area contributed by atoms with Crippen LogP contribution in [0.5, 0.6) is 0 Å². The SMILES string of the molecule is O=C([C@@H]1CN(S(=O)(=O)c2ccccc2)CCN1S(=O)(=O)c1ccccc1)N1CCN(c2cccc(Cl)c2)CC1. The summed E-state index contributed by atoms with van der Waals surface area (Å²) in [4.78, 5) is 17.8. The minimum atomic E-state index is -4.05. The van der Waals surface area contributed by atoms with Gasteiger partial charge in [0.25, 0.3) is 0 Å². The Morgan fingerprint density at radius 3 is 1.87 bits per heavy atom. The van der Waals surface area contributed by atoms with E-state index in [0.29, 0.717) is 31.2 Å². The number of halogens is 1. The van der Waals surface area contributed by atoms with Gasteiger partial charge in [0.2, 0.25) is 26.0 Å². The van der Waals surface area contributed by atoms with Gasteiger partial charge in [0.1, 0.15) is 6.04 Å². The van der Waals surface area contributed by atoms with E-state index in [2.05, 4.69) is 4.90 Å². The Bertz CT molecular complexity index is 1530. The molecule has 0 spiro atoms. The Morgan fingerprint density at radius 1 is 0.692 bits per heavy atom. The average Bonchev–Trinajstić information content (AvgIpc) is 2.97. The van der Waals surface area contributed by atoms with Crippen LogP contribution in [0.25, 0.3) is 0 Å². The molecule has 39 heavy (non-hydrogen) atoms. The Morgan fingerprint density at radius 2 is 1.28 bits per heavy atom. The zero-order valence-electron chi connectivity index (χ0n) is 21.1. The molecule has 3 aromatic rings. The van der Waals surface area contributed by atoms with Crippen molar-refractivity contribution < 1.29 is 21.6 Å². The molecule has 0 aromatic heterocycles. The van der Waals surface area contributed by atoms with E-state index in [1.54, 1.807) is 47.4 Å². The monoisotopic (exact) mass is 588 g/mol. The molecule has 0 saturated carbocycles. The van der Waals surface area contributed by atoms with Crippen molar-refractivity contribution in [2.24, 2.45) is 0 Å². The lowest BCUT2D eigenvalue weighted by Crippen LogP contribution is -2.63. The van der Waals surface area contributed by atoms with Crippen molar-refractivity contribution in [2.75, 3.05) is 50.7 Å². The first-order valence-electron chi connectivity index (χ1n) is 12.6. The highest BCUT2D eigenvalue weighted by Crippen LogP contribution is 2.27. The summed E-state index contributed by atoms with van der Waals surface area (Å²) in [6, 6.07) is 22.2. The van der Waals surface area contributed by atoms with Crippen LogP contribution in [0.2, 0.25) is 5.02 Å². The average molecular weight is 589 g/mol. The molecule has 0 radical (unpaired) electrons. The number of hydrogen-bond donors (Lipinski definition) is 0. The van der Waals surface area contributed by atoms with Crippen LogP contribution >= 0.6 is 11.6 Å². The van der Waals surface area contributed by atoms with Gasteiger partial charge in [0, 0.05) is 56.5 Å². The Balaban J connectivity index is 1.41. The van der Waals surface area contributed by atoms with Crippen LogP contribution in [0.15, 0.2) is 94.7 Å². The third-order valence-corrected chi connectivity index (χ3v) is 11.1. The molecule has 1 amide bonds. The maximum absolute atomic E-state index is 13.9. The molecule has 2 aliphatic rings. The van der Waals surface area contributed by atoms with Gasteiger partial charge in [-0.3, -0.25) is 4.79 Å². The maximum Gasteiger partial charge on any atom is 0.243 e. The minimum absolute atomic E-state index is 0.0599. The van der Waals surface area contributed by atoms with Crippen LogP contribution in [-0.4, -0.2) is 88.1 Å². The van der Waals surface area contributed by atoms with Gasteiger partial charge in [-0.25, -0.2) is 16.8 Å². The third-order valence-electron chi connectivity index (χ3n) is 7.07. The van der Waals surface area contributed by atoms with Gasteiger partial charge in [0.15, 0.2) is 0 Å². The lowest BCUT2D eigenvalue weighted by atomic mass is 10.1. The van der Waals surface area contributed by atoms with Crippen LogP contribution in [0.3, 0.4) is 0 Å². The number of nitrogens with zero attached hydrogens (tertiary/aromatic N) is 4. The Kier molecular flexibility index (Phi) is 7.97. The fraction of sp³-hybridized carbons (Fsp3) is 0.296. The molecule has 0 aliphatic carbocycles. The van der Waals surface area contributed by atoms with Crippen LogP contribution in [0.1, 0.15) is 0 Å². The molecule has 2 aliphatic heterocycles. The second kappa shape index (κ2) is 11.3. The van der Waals surface area contributed by atoms with Gasteiger partial charge in [-0.2, -0.15) is 8.61 Å². The van der Waals surface area contributed by atoms with E-state index < -0.39 is 32.0 Å². The van der Waals surface area contributed by atoms with E-state index in [1.165, 1.54) is 28.6 Å². The molecule has 9 nitrogen and oxygen atoms in total. The van der Waals surface area contributed by atoms with Gasteiger partial charge in [-0.1, -0.05) is 54.1 Å². The Hall–Kier alpha value is -2.96. The second-order valence-corrected chi connectivity index (χ2v) is 13.7. The van der Waals surface area contributed by atoms with E-state index >= 15 is 0 Å². The van der Waals surface area contributed by atoms with Crippen molar-refractivity contribution in [3.05, 3.63) is 90.0 Å². The van der Waals surface area contributed by atoms with Crippen molar-refractivity contribution in [1.82, 2.24) is 13.5 Å². The van der Waals surface area contributed by atoms with Crippen molar-refractivity contribution in [2.45, 2.75) is 15.8 Å². The van der Waals surface area contributed by atoms with E-state index in [0.717, 1.165) is 9.99 Å². The molecular formula is C27H29ClN4O5S2. The zero-order chi connectivity index (χ0) is 27.6. The van der Waals surface area contributed by atoms with Crippen molar-refractivity contribution in [1.29, 1.82) is 0 Å². The molecule has 0 bridgehead atoms. The van der Waals surface area contributed by atoms with Crippen molar-refractivity contribution in [3.63, 3.8) is 0 Å². The summed E-state index contributed by atoms with van der Waals surface area (Å²) in [5, 5.41) is 0.620.